The number of nitrogens with zero attached hydrogens (tertiary/aromatic N) is 1. The lowest BCUT2D eigenvalue weighted by Crippen LogP contribution is -2.38. The monoisotopic (exact) mass is 242 g/mol. The predicted octanol–water partition coefficient (Wildman–Crippen LogP) is 2.05. The molecule has 0 bridgehead atoms. The maximum absolute atomic E-state index is 11.4. The van der Waals surface area contributed by atoms with Gasteiger partial charge in [-0.15, -0.1) is 11.3 Å². The van der Waals surface area contributed by atoms with Crippen LogP contribution in [0.15, 0.2) is 5.38 Å². The number of thiazole rings is 1. The molecule has 1 N–H and O–H groups in total. The predicted molar refractivity (Wildman–Crippen MR) is 64.5 cm³/mol. The number of rotatable bonds is 5. The van der Waals surface area contributed by atoms with Crippen LogP contribution in [0.4, 0.5) is 0 Å². The highest BCUT2D eigenvalue weighted by Crippen LogP contribution is 2.18. The van der Waals surface area contributed by atoms with Gasteiger partial charge in [-0.3, -0.25) is 10.1 Å². The van der Waals surface area contributed by atoms with Crippen molar-refractivity contribution in [2.45, 2.75) is 39.3 Å². The Hall–Kier alpha value is -0.940. The summed E-state index contributed by atoms with van der Waals surface area (Å²) in [7, 11) is 1.41. The third kappa shape index (κ3) is 3.28. The van der Waals surface area contributed by atoms with Crippen molar-refractivity contribution in [2.24, 2.45) is 0 Å². The quantitative estimate of drug-likeness (QED) is 0.803. The molecule has 0 fully saturated rings. The molecule has 16 heavy (non-hydrogen) atoms. The molecule has 5 heteroatoms. The number of nitrogens with one attached hydrogen (secondary N) is 1. The number of carbonyl (C=O) groups is 1. The van der Waals surface area contributed by atoms with Crippen LogP contribution in [-0.4, -0.2) is 24.1 Å². The molecule has 4 nitrogen and oxygen atoms in total. The molecular weight excluding hydrogens is 224 g/mol. The molecule has 1 rings (SSSR count). The Morgan fingerprint density at radius 1 is 1.69 bits per heavy atom. The number of hydrogen-bond donors (Lipinski definition) is 1. The fraction of sp³-hybridized carbons (Fsp3) is 0.636. The van der Waals surface area contributed by atoms with Crippen LogP contribution >= 0.6 is 11.3 Å². The summed E-state index contributed by atoms with van der Waals surface area (Å²) >= 11 is 1.60. The summed E-state index contributed by atoms with van der Waals surface area (Å²) in [5.74, 6) is -0.220. The van der Waals surface area contributed by atoms with Gasteiger partial charge in [0.25, 0.3) is 0 Å². The molecule has 0 aliphatic rings. The molecule has 1 aromatic rings. The molecule has 0 aromatic carbocycles. The van der Waals surface area contributed by atoms with Crippen molar-refractivity contribution in [3.05, 3.63) is 16.1 Å². The van der Waals surface area contributed by atoms with Gasteiger partial charge in [-0.05, 0) is 20.3 Å². The van der Waals surface area contributed by atoms with Gasteiger partial charge in [0, 0.05) is 11.1 Å². The minimum absolute atomic E-state index is 0.0720. The second-order valence-corrected chi connectivity index (χ2v) is 4.59. The third-order valence-electron chi connectivity index (χ3n) is 2.35. The first-order valence-electron chi connectivity index (χ1n) is 5.34. The van der Waals surface area contributed by atoms with Crippen LogP contribution in [0, 0.1) is 6.92 Å². The molecule has 0 aliphatic heterocycles. The Morgan fingerprint density at radius 3 is 2.81 bits per heavy atom. The number of esters is 1. The zero-order valence-corrected chi connectivity index (χ0v) is 10.9. The summed E-state index contributed by atoms with van der Waals surface area (Å²) in [5.41, 5.74) is 1.01. The van der Waals surface area contributed by atoms with E-state index >= 15 is 0 Å². The van der Waals surface area contributed by atoms with E-state index in [1.54, 1.807) is 11.3 Å². The zero-order chi connectivity index (χ0) is 12.1. The minimum Gasteiger partial charge on any atom is -0.468 e. The molecule has 1 heterocycles. The van der Waals surface area contributed by atoms with E-state index in [1.807, 2.05) is 26.2 Å². The lowest BCUT2D eigenvalue weighted by Gasteiger charge is -2.18. The molecule has 0 spiro atoms. The summed E-state index contributed by atoms with van der Waals surface area (Å²) in [5, 5.41) is 6.23. The molecule has 0 amide bonds. The summed E-state index contributed by atoms with van der Waals surface area (Å²) in [6.45, 7) is 5.92. The van der Waals surface area contributed by atoms with Gasteiger partial charge in [0.1, 0.15) is 11.0 Å². The third-order valence-corrected chi connectivity index (χ3v) is 3.50. The van der Waals surface area contributed by atoms with Crippen LogP contribution in [0.2, 0.25) is 0 Å². The van der Waals surface area contributed by atoms with E-state index in [0.29, 0.717) is 6.42 Å². The van der Waals surface area contributed by atoms with E-state index in [2.05, 4.69) is 10.3 Å². The highest BCUT2D eigenvalue weighted by atomic mass is 32.1. The second kappa shape index (κ2) is 5.96. The molecule has 2 atom stereocenters. The molecule has 90 valence electrons. The van der Waals surface area contributed by atoms with Gasteiger partial charge in [-0.2, -0.15) is 0 Å². The van der Waals surface area contributed by atoms with Crippen molar-refractivity contribution in [3.63, 3.8) is 0 Å². The lowest BCUT2D eigenvalue weighted by molar-refractivity contribution is -0.143. The first kappa shape index (κ1) is 13.1. The van der Waals surface area contributed by atoms with Gasteiger partial charge in [0.05, 0.1) is 13.2 Å². The SMILES string of the molecule is CCC(NC(C)c1nc(C)cs1)C(=O)OC. The van der Waals surface area contributed by atoms with Gasteiger partial charge < -0.3 is 4.74 Å². The second-order valence-electron chi connectivity index (χ2n) is 3.70. The van der Waals surface area contributed by atoms with E-state index < -0.39 is 0 Å². The van der Waals surface area contributed by atoms with Crippen LogP contribution in [0.1, 0.15) is 37.0 Å². The summed E-state index contributed by atoms with van der Waals surface area (Å²) in [6.07, 6.45) is 0.710. The molecule has 0 radical (unpaired) electrons. The summed E-state index contributed by atoms with van der Waals surface area (Å²) in [6, 6.07) is -0.188. The maximum Gasteiger partial charge on any atom is 0.322 e. The fourth-order valence-corrected chi connectivity index (χ4v) is 2.25. The standard InChI is InChI=1S/C11H18N2O2S/c1-5-9(11(14)15-4)13-8(3)10-12-7(2)6-16-10/h6,8-9,13H,5H2,1-4H3. The Morgan fingerprint density at radius 2 is 2.38 bits per heavy atom. The summed E-state index contributed by atoms with van der Waals surface area (Å²) in [4.78, 5) is 15.8. The molecular formula is C11H18N2O2S. The first-order valence-corrected chi connectivity index (χ1v) is 6.22. The van der Waals surface area contributed by atoms with Gasteiger partial charge in [0.15, 0.2) is 0 Å². The van der Waals surface area contributed by atoms with Crippen molar-refractivity contribution < 1.29 is 9.53 Å². The number of methoxy groups -OCH3 is 1. The number of aromatic nitrogens is 1. The number of ether oxygens (including phenoxy) is 1. The van der Waals surface area contributed by atoms with Crippen molar-refractivity contribution in [1.82, 2.24) is 10.3 Å². The largest absolute Gasteiger partial charge is 0.468 e. The van der Waals surface area contributed by atoms with Gasteiger partial charge in [-0.1, -0.05) is 6.92 Å². The smallest absolute Gasteiger partial charge is 0.322 e. The van der Waals surface area contributed by atoms with Crippen molar-refractivity contribution in [2.75, 3.05) is 7.11 Å². The molecule has 0 aliphatic carbocycles. The average molecular weight is 242 g/mol. The Bertz CT molecular complexity index is 352. The van der Waals surface area contributed by atoms with Crippen LogP contribution in [-0.2, 0) is 9.53 Å². The first-order chi connectivity index (χ1) is 7.58. The number of aryl methyl sites for hydroxylation is 1. The van der Waals surface area contributed by atoms with E-state index in [0.717, 1.165) is 10.7 Å². The van der Waals surface area contributed by atoms with E-state index in [4.69, 9.17) is 4.74 Å². The van der Waals surface area contributed by atoms with Gasteiger partial charge >= 0.3 is 5.97 Å². The van der Waals surface area contributed by atoms with Crippen LogP contribution < -0.4 is 5.32 Å². The topological polar surface area (TPSA) is 51.2 Å². The van der Waals surface area contributed by atoms with Crippen LogP contribution in [0.5, 0.6) is 0 Å². The Balaban J connectivity index is 2.62. The zero-order valence-electron chi connectivity index (χ0n) is 10.1. The van der Waals surface area contributed by atoms with E-state index in [1.165, 1.54) is 7.11 Å². The fourth-order valence-electron chi connectivity index (χ4n) is 1.44. The average Bonchev–Trinajstić information content (AvgIpc) is 2.71. The normalized spacial score (nSPS) is 14.5. The molecule has 1 aromatic heterocycles. The Labute approximate surface area is 100 Å². The van der Waals surface area contributed by atoms with Gasteiger partial charge in [0.2, 0.25) is 0 Å². The number of hydrogen-bond acceptors (Lipinski definition) is 5. The molecule has 2 unspecified atom stereocenters. The van der Waals surface area contributed by atoms with Crippen molar-refractivity contribution in [1.29, 1.82) is 0 Å². The Kier molecular flexibility index (Phi) is 4.89. The summed E-state index contributed by atoms with van der Waals surface area (Å²) < 4.78 is 4.73. The highest BCUT2D eigenvalue weighted by Gasteiger charge is 2.20. The van der Waals surface area contributed by atoms with Crippen molar-refractivity contribution >= 4 is 17.3 Å². The van der Waals surface area contributed by atoms with Crippen LogP contribution in [0.25, 0.3) is 0 Å². The maximum atomic E-state index is 11.4. The minimum atomic E-state index is -0.260. The van der Waals surface area contributed by atoms with E-state index in [9.17, 15) is 4.79 Å². The molecule has 0 saturated carbocycles. The highest BCUT2D eigenvalue weighted by molar-refractivity contribution is 7.09. The van der Waals surface area contributed by atoms with Crippen LogP contribution in [0.3, 0.4) is 0 Å². The molecule has 0 saturated heterocycles. The van der Waals surface area contributed by atoms with E-state index in [-0.39, 0.29) is 18.1 Å². The van der Waals surface area contributed by atoms with Crippen molar-refractivity contribution in [3.8, 4) is 0 Å². The lowest BCUT2D eigenvalue weighted by atomic mass is 10.2. The van der Waals surface area contributed by atoms with Gasteiger partial charge in [-0.25, -0.2) is 4.98 Å². The number of carbonyl (C=O) groups excluding carboxylic acids is 1.